The smallest absolute Gasteiger partial charge is 0.184 e. The monoisotopic (exact) mass is 214 g/mol. The molecular formula is C11H22O2Si. The zero-order chi connectivity index (χ0) is 10.4. The SMILES string of the molecule is C[C@@H]1O[C@H]1C1(O[Si](C)(C)C)CCCC1. The summed E-state index contributed by atoms with van der Waals surface area (Å²) in [6.07, 6.45) is 5.90. The van der Waals surface area contributed by atoms with Gasteiger partial charge in [0.25, 0.3) is 0 Å². The fraction of sp³-hybridized carbons (Fsp3) is 1.00. The molecule has 1 saturated heterocycles. The van der Waals surface area contributed by atoms with Gasteiger partial charge in [-0.2, -0.15) is 0 Å². The maximum Gasteiger partial charge on any atom is 0.184 e. The van der Waals surface area contributed by atoms with Crippen LogP contribution in [-0.4, -0.2) is 26.1 Å². The summed E-state index contributed by atoms with van der Waals surface area (Å²) in [4.78, 5) is 0. The lowest BCUT2D eigenvalue weighted by Crippen LogP contribution is -2.45. The Balaban J connectivity index is 2.07. The Labute approximate surface area is 88.1 Å². The van der Waals surface area contributed by atoms with Crippen molar-refractivity contribution in [3.63, 3.8) is 0 Å². The van der Waals surface area contributed by atoms with Gasteiger partial charge in [0.2, 0.25) is 0 Å². The second-order valence-corrected chi connectivity index (χ2v) is 10.2. The third kappa shape index (κ3) is 2.04. The van der Waals surface area contributed by atoms with Gasteiger partial charge in [-0.05, 0) is 39.4 Å². The van der Waals surface area contributed by atoms with Gasteiger partial charge < -0.3 is 9.16 Å². The third-order valence-corrected chi connectivity index (χ3v) is 4.21. The molecule has 0 aromatic rings. The molecule has 2 atom stereocenters. The zero-order valence-corrected chi connectivity index (χ0v) is 10.8. The molecular weight excluding hydrogens is 192 g/mol. The molecule has 1 aliphatic carbocycles. The fourth-order valence-electron chi connectivity index (χ4n) is 2.77. The average Bonchev–Trinajstić information content (AvgIpc) is 2.59. The predicted octanol–water partition coefficient (Wildman–Crippen LogP) is 2.94. The summed E-state index contributed by atoms with van der Waals surface area (Å²) in [5.41, 5.74) is 0.101. The standard InChI is InChI=1S/C11H22O2Si/c1-9-10(12-9)11(7-5-6-8-11)13-14(2,3)4/h9-10H,5-8H2,1-4H3/t9-,10+/m0/s1. The molecule has 82 valence electrons. The van der Waals surface area contributed by atoms with Gasteiger partial charge in [-0.3, -0.25) is 0 Å². The molecule has 2 fully saturated rings. The number of ether oxygens (including phenoxy) is 1. The Kier molecular flexibility index (Phi) is 2.53. The van der Waals surface area contributed by atoms with Crippen LogP contribution in [0.1, 0.15) is 32.6 Å². The van der Waals surface area contributed by atoms with Gasteiger partial charge in [0.05, 0.1) is 11.7 Å². The summed E-state index contributed by atoms with van der Waals surface area (Å²) >= 11 is 0. The quantitative estimate of drug-likeness (QED) is 0.532. The van der Waals surface area contributed by atoms with E-state index in [1.54, 1.807) is 0 Å². The van der Waals surface area contributed by atoms with E-state index in [0.717, 1.165) is 0 Å². The van der Waals surface area contributed by atoms with Crippen LogP contribution in [-0.2, 0) is 9.16 Å². The summed E-state index contributed by atoms with van der Waals surface area (Å²) in [6.45, 7) is 9.00. The number of epoxide rings is 1. The summed E-state index contributed by atoms with van der Waals surface area (Å²) in [5.74, 6) is 0. The molecule has 2 rings (SSSR count). The van der Waals surface area contributed by atoms with Crippen molar-refractivity contribution in [1.29, 1.82) is 0 Å². The van der Waals surface area contributed by atoms with Crippen LogP contribution in [0.25, 0.3) is 0 Å². The molecule has 0 spiro atoms. The highest BCUT2D eigenvalue weighted by Crippen LogP contribution is 2.46. The van der Waals surface area contributed by atoms with Crippen LogP contribution in [0.5, 0.6) is 0 Å². The lowest BCUT2D eigenvalue weighted by atomic mass is 9.96. The highest BCUT2D eigenvalue weighted by Gasteiger charge is 2.55. The van der Waals surface area contributed by atoms with Gasteiger partial charge in [0, 0.05) is 0 Å². The fourth-order valence-corrected chi connectivity index (χ4v) is 4.31. The van der Waals surface area contributed by atoms with Crippen molar-refractivity contribution in [3.05, 3.63) is 0 Å². The molecule has 14 heavy (non-hydrogen) atoms. The van der Waals surface area contributed by atoms with E-state index >= 15 is 0 Å². The van der Waals surface area contributed by atoms with Crippen molar-refractivity contribution in [2.24, 2.45) is 0 Å². The maximum atomic E-state index is 6.39. The molecule has 0 amide bonds. The van der Waals surface area contributed by atoms with Crippen molar-refractivity contribution in [2.75, 3.05) is 0 Å². The van der Waals surface area contributed by atoms with E-state index in [-0.39, 0.29) is 5.60 Å². The summed E-state index contributed by atoms with van der Waals surface area (Å²) in [5, 5.41) is 0. The minimum atomic E-state index is -1.43. The summed E-state index contributed by atoms with van der Waals surface area (Å²) in [7, 11) is -1.43. The average molecular weight is 214 g/mol. The Bertz CT molecular complexity index is 216. The highest BCUT2D eigenvalue weighted by molar-refractivity contribution is 6.69. The van der Waals surface area contributed by atoms with E-state index in [1.807, 2.05) is 0 Å². The van der Waals surface area contributed by atoms with Crippen molar-refractivity contribution in [1.82, 2.24) is 0 Å². The highest BCUT2D eigenvalue weighted by atomic mass is 28.4. The van der Waals surface area contributed by atoms with Crippen LogP contribution in [0.15, 0.2) is 0 Å². The Hall–Kier alpha value is 0.137. The van der Waals surface area contributed by atoms with Crippen LogP contribution >= 0.6 is 0 Å². The Morgan fingerprint density at radius 3 is 2.07 bits per heavy atom. The van der Waals surface area contributed by atoms with E-state index in [1.165, 1.54) is 25.7 Å². The van der Waals surface area contributed by atoms with Crippen LogP contribution in [0, 0.1) is 0 Å². The van der Waals surface area contributed by atoms with Gasteiger partial charge in [-0.1, -0.05) is 12.8 Å². The van der Waals surface area contributed by atoms with E-state index in [0.29, 0.717) is 12.2 Å². The van der Waals surface area contributed by atoms with Gasteiger partial charge in [0.15, 0.2) is 8.32 Å². The van der Waals surface area contributed by atoms with Crippen LogP contribution < -0.4 is 0 Å². The number of hydrogen-bond acceptors (Lipinski definition) is 2. The number of hydrogen-bond donors (Lipinski definition) is 0. The molecule has 0 bridgehead atoms. The minimum Gasteiger partial charge on any atom is -0.409 e. The maximum absolute atomic E-state index is 6.39. The van der Waals surface area contributed by atoms with Gasteiger partial charge in [-0.25, -0.2) is 0 Å². The Morgan fingerprint density at radius 2 is 1.71 bits per heavy atom. The van der Waals surface area contributed by atoms with Crippen molar-refractivity contribution >= 4 is 8.32 Å². The van der Waals surface area contributed by atoms with Crippen LogP contribution in [0.3, 0.4) is 0 Å². The first-order chi connectivity index (χ1) is 6.43. The molecule has 0 aromatic heterocycles. The lowest BCUT2D eigenvalue weighted by Gasteiger charge is -2.35. The van der Waals surface area contributed by atoms with E-state index in [4.69, 9.17) is 9.16 Å². The molecule has 2 aliphatic rings. The van der Waals surface area contributed by atoms with Crippen molar-refractivity contribution < 1.29 is 9.16 Å². The predicted molar refractivity (Wildman–Crippen MR) is 60.0 cm³/mol. The van der Waals surface area contributed by atoms with Crippen LogP contribution in [0.2, 0.25) is 19.6 Å². The number of rotatable bonds is 3. The second kappa shape index (κ2) is 3.32. The van der Waals surface area contributed by atoms with E-state index in [2.05, 4.69) is 26.6 Å². The second-order valence-electron chi connectivity index (χ2n) is 5.75. The van der Waals surface area contributed by atoms with Crippen molar-refractivity contribution in [2.45, 2.75) is 70.1 Å². The third-order valence-electron chi connectivity index (χ3n) is 3.19. The Morgan fingerprint density at radius 1 is 1.21 bits per heavy atom. The largest absolute Gasteiger partial charge is 0.409 e. The van der Waals surface area contributed by atoms with E-state index < -0.39 is 8.32 Å². The lowest BCUT2D eigenvalue weighted by molar-refractivity contribution is 0.0369. The normalized spacial score (nSPS) is 36.0. The van der Waals surface area contributed by atoms with Crippen LogP contribution in [0.4, 0.5) is 0 Å². The molecule has 1 saturated carbocycles. The molecule has 0 N–H and O–H groups in total. The molecule has 1 heterocycles. The van der Waals surface area contributed by atoms with E-state index in [9.17, 15) is 0 Å². The minimum absolute atomic E-state index is 0.101. The summed E-state index contributed by atoms with van der Waals surface area (Å²) < 4.78 is 12.0. The molecule has 0 radical (unpaired) electrons. The molecule has 3 heteroatoms. The molecule has 2 nitrogen and oxygen atoms in total. The van der Waals surface area contributed by atoms with Gasteiger partial charge in [-0.15, -0.1) is 0 Å². The molecule has 0 unspecified atom stereocenters. The van der Waals surface area contributed by atoms with Gasteiger partial charge in [0.1, 0.15) is 6.10 Å². The van der Waals surface area contributed by atoms with Gasteiger partial charge >= 0.3 is 0 Å². The molecule has 1 aliphatic heterocycles. The van der Waals surface area contributed by atoms with Crippen molar-refractivity contribution in [3.8, 4) is 0 Å². The summed E-state index contributed by atoms with van der Waals surface area (Å²) in [6, 6.07) is 0. The first-order valence-electron chi connectivity index (χ1n) is 5.79. The first-order valence-corrected chi connectivity index (χ1v) is 9.19. The first kappa shape index (κ1) is 10.6. The topological polar surface area (TPSA) is 21.8 Å². The zero-order valence-electron chi connectivity index (χ0n) is 9.80. The molecule has 0 aromatic carbocycles.